The van der Waals surface area contributed by atoms with E-state index in [4.69, 9.17) is 56.6 Å². The van der Waals surface area contributed by atoms with E-state index in [2.05, 4.69) is 76.5 Å². The zero-order valence-electron chi connectivity index (χ0n) is 53.5. The van der Waals surface area contributed by atoms with Gasteiger partial charge in [0.2, 0.25) is 5.95 Å². The Hall–Kier alpha value is -9.05. The predicted octanol–water partition coefficient (Wildman–Crippen LogP) is 24.6. The number of carbonyl (C=O) groups is 3. The molecule has 0 aliphatic heterocycles. The van der Waals surface area contributed by atoms with Gasteiger partial charge in [-0.15, -0.1) is 0 Å². The number of carbonyl (C=O) groups excluding carboxylic acids is 3. The van der Waals surface area contributed by atoms with Crippen LogP contribution in [0.2, 0.25) is 20.1 Å². The molecular formula is C76H53Br3Cl4F11NO10. The zero-order chi connectivity index (χ0) is 76.7. The standard InChI is InChI=1S/C19H13ClF3NO.C14H10BrClF2O.C14H11ClF2O2.C14H9ClF2O2.C8H5BrF2O2.C7H5BrO2/c20-15-3-1-2-14(10-15)16-9-12(4-6-17(16)25-19(22)23)8-13-5-7-18(21)24-11-13;15-8-9-4-5-13(19-14(17)18)12(6-9)10-2-1-3-11(16)7-10;2*15-11-3-1-2-10(7-11)12-6-9(8-18)4-5-13(12)19-14(16)17;9-6-3-5(4-12)1-2-7(6)13-8(10)11;8-6-3-5(4-9)1-2-7(6)10/h1-7,9-11,19H,8H2;1-7,14H,8H2;1-7,14,18H,8H2;1-8,14H;1-4,8H;1-4,10H. The molecule has 548 valence electrons. The molecular weight excluding hydrogens is 1680 g/mol. The average Bonchev–Trinajstić information content (AvgIpc) is 0.833. The minimum atomic E-state index is -2.93. The van der Waals surface area contributed by atoms with Gasteiger partial charge < -0.3 is 33.9 Å². The van der Waals surface area contributed by atoms with E-state index in [-0.39, 0.29) is 41.1 Å². The van der Waals surface area contributed by atoms with Crippen molar-refractivity contribution >= 4 is 113 Å². The fourth-order valence-electron chi connectivity index (χ4n) is 9.09. The quantitative estimate of drug-likeness (QED) is 0.0306. The van der Waals surface area contributed by atoms with Crippen LogP contribution >= 0.6 is 94.2 Å². The van der Waals surface area contributed by atoms with Crippen LogP contribution in [0.25, 0.3) is 44.5 Å². The minimum absolute atomic E-state index is 0.00265. The van der Waals surface area contributed by atoms with Crippen molar-refractivity contribution in [3.8, 4) is 79.0 Å². The first kappa shape index (κ1) is 84.9. The van der Waals surface area contributed by atoms with E-state index in [1.165, 1.54) is 72.9 Å². The van der Waals surface area contributed by atoms with Crippen molar-refractivity contribution in [1.29, 1.82) is 0 Å². The molecule has 0 bridgehead atoms. The van der Waals surface area contributed by atoms with Gasteiger partial charge in [0.25, 0.3) is 0 Å². The van der Waals surface area contributed by atoms with Crippen molar-refractivity contribution in [3.05, 3.63) is 299 Å². The highest BCUT2D eigenvalue weighted by molar-refractivity contribution is 9.11. The van der Waals surface area contributed by atoms with Crippen LogP contribution in [0.5, 0.6) is 34.5 Å². The summed E-state index contributed by atoms with van der Waals surface area (Å²) in [5, 5.41) is 20.7. The molecule has 1 aromatic heterocycles. The largest absolute Gasteiger partial charge is 0.507 e. The van der Waals surface area contributed by atoms with Gasteiger partial charge in [-0.05, 0) is 228 Å². The predicted molar refractivity (Wildman–Crippen MR) is 392 cm³/mol. The second-order valence-electron chi connectivity index (χ2n) is 20.9. The van der Waals surface area contributed by atoms with Crippen LogP contribution in [0.4, 0.5) is 48.3 Å². The summed E-state index contributed by atoms with van der Waals surface area (Å²) >= 11 is 33.1. The topological polar surface area (TPSA) is 151 Å². The number of aldehydes is 3. The Labute approximate surface area is 639 Å². The number of rotatable bonds is 21. The molecule has 2 N–H and O–H groups in total. The number of hydrogen-bond acceptors (Lipinski definition) is 11. The molecule has 1 heterocycles. The number of aliphatic hydroxyl groups is 1. The first-order valence-corrected chi connectivity index (χ1v) is 34.1. The molecule has 0 amide bonds. The third-order valence-electron chi connectivity index (χ3n) is 13.6. The van der Waals surface area contributed by atoms with E-state index in [0.717, 1.165) is 28.5 Å². The summed E-state index contributed by atoms with van der Waals surface area (Å²) in [6.07, 6.45) is 3.91. The lowest BCUT2D eigenvalue weighted by molar-refractivity contribution is -0.0508. The van der Waals surface area contributed by atoms with Gasteiger partial charge in [0.05, 0.1) is 15.6 Å². The van der Waals surface area contributed by atoms with Crippen molar-refractivity contribution in [2.45, 2.75) is 51.4 Å². The van der Waals surface area contributed by atoms with Gasteiger partial charge in [0, 0.05) is 70.6 Å². The number of pyridine rings is 1. The van der Waals surface area contributed by atoms with Gasteiger partial charge >= 0.3 is 33.1 Å². The Balaban J connectivity index is 0.000000201. The number of aliphatic hydroxyl groups excluding tert-OH is 1. The van der Waals surface area contributed by atoms with E-state index in [9.17, 15) is 62.7 Å². The number of benzene rings is 10. The van der Waals surface area contributed by atoms with Crippen molar-refractivity contribution < 1.29 is 96.6 Å². The fraction of sp³-hybridized carbons (Fsp3) is 0.105. The summed E-state index contributed by atoms with van der Waals surface area (Å²) in [5.41, 5.74) is 9.18. The fourth-order valence-corrected chi connectivity index (χ4v) is 11.1. The molecule has 105 heavy (non-hydrogen) atoms. The maximum atomic E-state index is 12.9. The van der Waals surface area contributed by atoms with Crippen LogP contribution in [0.1, 0.15) is 53.3 Å². The smallest absolute Gasteiger partial charge is 0.387 e. The molecule has 0 spiro atoms. The summed E-state index contributed by atoms with van der Waals surface area (Å²) < 4.78 is 159. The normalized spacial score (nSPS) is 10.6. The lowest BCUT2D eigenvalue weighted by atomic mass is 9.99. The van der Waals surface area contributed by atoms with Crippen LogP contribution in [-0.2, 0) is 18.4 Å². The number of aromatic hydroxyl groups is 1. The molecule has 0 radical (unpaired) electrons. The molecule has 0 saturated carbocycles. The Morgan fingerprint density at radius 2 is 0.705 bits per heavy atom. The maximum Gasteiger partial charge on any atom is 0.387 e. The average molecular weight is 1730 g/mol. The SMILES string of the molecule is FC(F)Oc1ccc(CBr)cc1-c1cccc(Cl)c1.Fc1ccc(Cc2ccc(OC(F)F)c(-c3cccc(Cl)c3)c2)cn1.O=Cc1ccc(O)c(Br)c1.O=Cc1ccc(OC(F)F)c(-c2cccc(Cl)c2)c1.O=Cc1ccc(OC(F)F)c(Br)c1.OCc1ccc(OC(F)F)c(-c2cccc(Cl)c2)c1. The molecule has 0 unspecified atom stereocenters. The number of phenolic OH excluding ortho intramolecular Hbond substituents is 1. The van der Waals surface area contributed by atoms with Gasteiger partial charge in [-0.25, -0.2) is 4.98 Å². The molecule has 11 nitrogen and oxygen atoms in total. The summed E-state index contributed by atoms with van der Waals surface area (Å²) in [6.45, 7) is -14.7. The Kier molecular flexibility index (Phi) is 35.1. The Morgan fingerprint density at radius 3 is 1.06 bits per heavy atom. The highest BCUT2D eigenvalue weighted by atomic mass is 79.9. The maximum absolute atomic E-state index is 12.9. The highest BCUT2D eigenvalue weighted by Gasteiger charge is 2.18. The lowest BCUT2D eigenvalue weighted by Gasteiger charge is -2.13. The van der Waals surface area contributed by atoms with Crippen LogP contribution in [0, 0.1) is 5.95 Å². The minimum Gasteiger partial charge on any atom is -0.507 e. The van der Waals surface area contributed by atoms with Crippen LogP contribution in [-0.4, -0.2) is 67.1 Å². The van der Waals surface area contributed by atoms with Gasteiger partial charge in [0.15, 0.2) is 0 Å². The van der Waals surface area contributed by atoms with Crippen LogP contribution < -0.4 is 23.7 Å². The number of hydrogen-bond donors (Lipinski definition) is 2. The van der Waals surface area contributed by atoms with E-state index in [1.807, 2.05) is 0 Å². The summed E-state index contributed by atoms with van der Waals surface area (Å²) in [6, 6.07) is 57.8. The number of ether oxygens (including phenoxy) is 5. The van der Waals surface area contributed by atoms with Crippen LogP contribution in [0.3, 0.4) is 0 Å². The molecule has 11 aromatic rings. The van der Waals surface area contributed by atoms with E-state index in [1.54, 1.807) is 152 Å². The summed E-state index contributed by atoms with van der Waals surface area (Å²) in [5.74, 6) is -0.132. The van der Waals surface area contributed by atoms with E-state index >= 15 is 0 Å². The van der Waals surface area contributed by atoms with E-state index < -0.39 is 39.0 Å². The van der Waals surface area contributed by atoms with Gasteiger partial charge in [-0.1, -0.05) is 135 Å². The van der Waals surface area contributed by atoms with Crippen molar-refractivity contribution in [1.82, 2.24) is 4.98 Å². The second kappa shape index (κ2) is 43.4. The van der Waals surface area contributed by atoms with Crippen molar-refractivity contribution in [2.24, 2.45) is 0 Å². The second-order valence-corrected chi connectivity index (χ2v) is 24.9. The third-order valence-corrected chi connectivity index (χ3v) is 16.5. The Bertz CT molecular complexity index is 4550. The van der Waals surface area contributed by atoms with Crippen molar-refractivity contribution in [3.63, 3.8) is 0 Å². The number of nitrogens with zero attached hydrogens (tertiary/aromatic N) is 1. The van der Waals surface area contributed by atoms with Gasteiger partial charge in [-0.2, -0.15) is 48.3 Å². The molecule has 11 rings (SSSR count). The molecule has 0 aliphatic rings. The number of alkyl halides is 11. The lowest BCUT2D eigenvalue weighted by Crippen LogP contribution is -2.03. The molecule has 29 heteroatoms. The molecule has 0 fully saturated rings. The Morgan fingerprint density at radius 1 is 0.381 bits per heavy atom. The molecule has 0 saturated heterocycles. The third kappa shape index (κ3) is 28.7. The van der Waals surface area contributed by atoms with E-state index in [0.29, 0.717) is 115 Å². The molecule has 10 aromatic carbocycles. The number of phenols is 1. The first-order chi connectivity index (χ1) is 50.2. The van der Waals surface area contributed by atoms with Gasteiger partial charge in [0.1, 0.15) is 53.4 Å². The molecule has 0 aliphatic carbocycles. The summed E-state index contributed by atoms with van der Waals surface area (Å²) in [4.78, 5) is 34.8. The van der Waals surface area contributed by atoms with Crippen molar-refractivity contribution in [2.75, 3.05) is 0 Å². The number of halogens is 18. The highest BCUT2D eigenvalue weighted by Crippen LogP contribution is 2.39. The first-order valence-electron chi connectivity index (χ1n) is 29.9. The number of aromatic nitrogens is 1. The zero-order valence-corrected chi connectivity index (χ0v) is 61.3. The van der Waals surface area contributed by atoms with Gasteiger partial charge in [-0.3, -0.25) is 14.4 Å². The summed E-state index contributed by atoms with van der Waals surface area (Å²) in [7, 11) is 0. The van der Waals surface area contributed by atoms with Crippen LogP contribution in [0.15, 0.2) is 234 Å². The monoisotopic (exact) mass is 1720 g/mol. The molecule has 0 atom stereocenters.